The largest absolute Gasteiger partial charge is 0.758 e. The van der Waals surface area contributed by atoms with E-state index >= 15 is 0 Å². The fraction of sp³-hybridized carbons (Fsp3) is 0.818. The maximum absolute atomic E-state index is 12.2. The van der Waals surface area contributed by atoms with E-state index in [4.69, 9.17) is 0 Å². The van der Waals surface area contributed by atoms with Gasteiger partial charge in [0.2, 0.25) is 0 Å². The Kier molecular flexibility index (Phi) is 2.36. The Morgan fingerprint density at radius 3 is 2.56 bits per heavy atom. The van der Waals surface area contributed by atoms with E-state index in [-0.39, 0.29) is 0 Å². The van der Waals surface area contributed by atoms with Crippen molar-refractivity contribution in [3.05, 3.63) is 21.5 Å². The van der Waals surface area contributed by atoms with Gasteiger partial charge in [-0.15, -0.1) is 0 Å². The van der Waals surface area contributed by atoms with Gasteiger partial charge in [0.25, 0.3) is 5.70 Å². The van der Waals surface area contributed by atoms with Gasteiger partial charge in [-0.05, 0) is 26.7 Å². The van der Waals surface area contributed by atoms with Gasteiger partial charge < -0.3 is 15.4 Å². The van der Waals surface area contributed by atoms with Crippen molar-refractivity contribution in [2.45, 2.75) is 57.7 Å². The maximum atomic E-state index is 12.2. The average molecular weight is 226 g/mol. The molecule has 16 heavy (non-hydrogen) atoms. The van der Waals surface area contributed by atoms with Crippen LogP contribution in [0.25, 0.3) is 0 Å². The van der Waals surface area contributed by atoms with Crippen LogP contribution in [0.3, 0.4) is 0 Å². The van der Waals surface area contributed by atoms with Crippen LogP contribution in [0, 0.1) is 10.1 Å². The lowest BCUT2D eigenvalue weighted by molar-refractivity contribution is -0.667. The molecule has 0 spiro atoms. The summed E-state index contributed by atoms with van der Waals surface area (Å²) in [6, 6.07) is 0. The molecule has 0 saturated heterocycles. The molecule has 1 fully saturated rings. The van der Waals surface area contributed by atoms with Crippen LogP contribution in [-0.2, 0) is 0 Å². The molecule has 0 aromatic rings. The first-order valence-corrected chi connectivity index (χ1v) is 5.69. The van der Waals surface area contributed by atoms with E-state index in [2.05, 4.69) is 0 Å². The second-order valence-electron chi connectivity index (χ2n) is 5.06. The summed E-state index contributed by atoms with van der Waals surface area (Å²) in [6.07, 6.45) is 2.56. The van der Waals surface area contributed by atoms with Crippen molar-refractivity contribution in [2.24, 2.45) is 0 Å². The summed E-state index contributed by atoms with van der Waals surface area (Å²) in [7, 11) is 0. The topological polar surface area (TPSA) is 66.6 Å². The fourth-order valence-electron chi connectivity index (χ4n) is 2.84. The average Bonchev–Trinajstić information content (AvgIpc) is 2.27. The Hall–Kier alpha value is -0.940. The van der Waals surface area contributed by atoms with Gasteiger partial charge in [-0.1, -0.05) is 6.42 Å². The van der Waals surface area contributed by atoms with Gasteiger partial charge >= 0.3 is 5.72 Å². The third-order valence-electron chi connectivity index (χ3n) is 4.22. The molecule has 5 heteroatoms. The molecule has 2 rings (SSSR count). The summed E-state index contributed by atoms with van der Waals surface area (Å²) in [5, 5.41) is 23.5. The van der Waals surface area contributed by atoms with E-state index in [0.29, 0.717) is 29.0 Å². The van der Waals surface area contributed by atoms with Crippen molar-refractivity contribution >= 4 is 0 Å². The Labute approximate surface area is 94.9 Å². The summed E-state index contributed by atoms with van der Waals surface area (Å²) >= 11 is 0. The number of hydroxylamine groups is 2. The SMILES string of the molecule is CC1=C(C)[N+](=O)[C@]2(O)CCCC[C@@]2(C)N1[O-]. The van der Waals surface area contributed by atoms with Gasteiger partial charge in [0, 0.05) is 18.3 Å². The van der Waals surface area contributed by atoms with Crippen LogP contribution in [0.4, 0.5) is 0 Å². The van der Waals surface area contributed by atoms with Crippen molar-refractivity contribution in [1.29, 1.82) is 0 Å². The summed E-state index contributed by atoms with van der Waals surface area (Å²) < 4.78 is 0.635. The maximum Gasteiger partial charge on any atom is 0.340 e. The molecule has 5 nitrogen and oxygen atoms in total. The highest BCUT2D eigenvalue weighted by Crippen LogP contribution is 2.47. The van der Waals surface area contributed by atoms with E-state index in [1.807, 2.05) is 0 Å². The van der Waals surface area contributed by atoms with Gasteiger partial charge in [0.05, 0.1) is 10.5 Å². The Morgan fingerprint density at radius 2 is 1.94 bits per heavy atom. The van der Waals surface area contributed by atoms with Gasteiger partial charge in [-0.25, -0.2) is 0 Å². The second kappa shape index (κ2) is 3.28. The van der Waals surface area contributed by atoms with Crippen LogP contribution < -0.4 is 0 Å². The highest BCUT2D eigenvalue weighted by atomic mass is 16.5. The fourth-order valence-corrected chi connectivity index (χ4v) is 2.84. The van der Waals surface area contributed by atoms with Gasteiger partial charge in [0.15, 0.2) is 0 Å². The van der Waals surface area contributed by atoms with E-state index in [1.54, 1.807) is 20.8 Å². The molecule has 2 atom stereocenters. The van der Waals surface area contributed by atoms with Crippen molar-refractivity contribution in [3.8, 4) is 0 Å². The van der Waals surface area contributed by atoms with Gasteiger partial charge in [0.1, 0.15) is 5.54 Å². The zero-order valence-corrected chi connectivity index (χ0v) is 9.99. The molecular formula is C11H18N2O3. The zero-order valence-electron chi connectivity index (χ0n) is 9.99. The van der Waals surface area contributed by atoms with Gasteiger partial charge in [-0.3, -0.25) is 0 Å². The van der Waals surface area contributed by atoms with Crippen LogP contribution in [0.15, 0.2) is 11.4 Å². The molecule has 0 radical (unpaired) electrons. The lowest BCUT2D eigenvalue weighted by Gasteiger charge is -2.55. The van der Waals surface area contributed by atoms with Crippen molar-refractivity contribution in [2.75, 3.05) is 0 Å². The highest BCUT2D eigenvalue weighted by molar-refractivity contribution is 5.17. The lowest BCUT2D eigenvalue weighted by Crippen LogP contribution is -2.69. The van der Waals surface area contributed by atoms with E-state index in [0.717, 1.165) is 17.9 Å². The summed E-state index contributed by atoms with van der Waals surface area (Å²) in [6.45, 7) is 4.89. The first kappa shape index (κ1) is 11.5. The molecule has 2 aliphatic rings. The van der Waals surface area contributed by atoms with Crippen molar-refractivity contribution in [3.63, 3.8) is 0 Å². The summed E-state index contributed by atoms with van der Waals surface area (Å²) in [5.41, 5.74) is -1.87. The molecule has 0 aromatic heterocycles. The predicted molar refractivity (Wildman–Crippen MR) is 59.0 cm³/mol. The predicted octanol–water partition coefficient (Wildman–Crippen LogP) is 1.85. The minimum Gasteiger partial charge on any atom is -0.758 e. The normalized spacial score (nSPS) is 40.1. The quantitative estimate of drug-likeness (QED) is 0.640. The van der Waals surface area contributed by atoms with E-state index < -0.39 is 11.3 Å². The molecule has 0 amide bonds. The number of aliphatic hydroxyl groups is 1. The molecule has 1 saturated carbocycles. The number of rotatable bonds is 0. The third kappa shape index (κ3) is 1.13. The number of fused-ring (bicyclic) bond motifs is 1. The molecule has 1 aliphatic heterocycles. The molecular weight excluding hydrogens is 208 g/mol. The van der Waals surface area contributed by atoms with Crippen molar-refractivity contribution in [1.82, 2.24) is 5.06 Å². The lowest BCUT2D eigenvalue weighted by atomic mass is 9.73. The molecule has 1 heterocycles. The second-order valence-corrected chi connectivity index (χ2v) is 5.06. The monoisotopic (exact) mass is 226 g/mol. The van der Waals surface area contributed by atoms with E-state index in [1.165, 1.54) is 0 Å². The Bertz CT molecular complexity index is 379. The molecule has 90 valence electrons. The third-order valence-corrected chi connectivity index (χ3v) is 4.22. The smallest absolute Gasteiger partial charge is 0.340 e. The number of hydrogen-bond donors (Lipinski definition) is 1. The molecule has 0 aromatic carbocycles. The zero-order chi connectivity index (χ0) is 12.1. The number of nitroso groups, excluding NO2 is 1. The minimum absolute atomic E-state index is 0.317. The first-order valence-electron chi connectivity index (χ1n) is 5.69. The highest BCUT2D eigenvalue weighted by Gasteiger charge is 2.65. The summed E-state index contributed by atoms with van der Waals surface area (Å²) in [5.74, 6) is 0. The number of allylic oxidation sites excluding steroid dienone is 2. The minimum atomic E-state index is -1.57. The van der Waals surface area contributed by atoms with Crippen LogP contribution in [0.5, 0.6) is 0 Å². The molecule has 0 unspecified atom stereocenters. The van der Waals surface area contributed by atoms with Gasteiger partial charge in [-0.2, -0.15) is 0 Å². The number of hydrogen-bond acceptors (Lipinski definition) is 4. The Balaban J connectivity index is 2.59. The number of nitrogens with zero attached hydrogens (tertiary/aromatic N) is 2. The van der Waals surface area contributed by atoms with Crippen LogP contribution in [0.1, 0.15) is 46.5 Å². The first-order chi connectivity index (χ1) is 7.34. The molecule has 0 bridgehead atoms. The van der Waals surface area contributed by atoms with E-state index in [9.17, 15) is 15.2 Å². The summed E-state index contributed by atoms with van der Waals surface area (Å²) in [4.78, 5) is 12.1. The standard InChI is InChI=1S/C11H18N2O3/c1-8-9(2)13(16)11(14)7-5-4-6-10(11,3)12(8)15/h14H,4-7H2,1-3H3/t10-,11+/m1/s1. The molecule has 1 aliphatic carbocycles. The molecule has 1 N–H and O–H groups in total. The van der Waals surface area contributed by atoms with Crippen LogP contribution in [-0.4, -0.2) is 26.2 Å². The van der Waals surface area contributed by atoms with Crippen LogP contribution >= 0.6 is 0 Å². The van der Waals surface area contributed by atoms with Crippen molar-refractivity contribution < 1.29 is 9.87 Å². The van der Waals surface area contributed by atoms with Crippen LogP contribution in [0.2, 0.25) is 0 Å². The Morgan fingerprint density at radius 1 is 1.38 bits per heavy atom.